The molecule has 1 rings (SSSR count). The van der Waals surface area contributed by atoms with E-state index >= 15 is 0 Å². The van der Waals surface area contributed by atoms with E-state index < -0.39 is 0 Å². The molecule has 0 spiro atoms. The van der Waals surface area contributed by atoms with Gasteiger partial charge in [0, 0.05) is 17.0 Å². The fourth-order valence-corrected chi connectivity index (χ4v) is 2.21. The van der Waals surface area contributed by atoms with Gasteiger partial charge in [0.15, 0.2) is 0 Å². The molecule has 0 aromatic heterocycles. The van der Waals surface area contributed by atoms with Gasteiger partial charge in [0.25, 0.3) is 0 Å². The van der Waals surface area contributed by atoms with Gasteiger partial charge in [-0.2, -0.15) is 0 Å². The third kappa shape index (κ3) is 4.56. The molecule has 0 aliphatic heterocycles. The molecule has 0 fully saturated rings. The molecule has 5 heteroatoms. The average molecular weight is 255 g/mol. The van der Waals surface area contributed by atoms with Gasteiger partial charge in [0.2, 0.25) is 0 Å². The first kappa shape index (κ1) is 13.7. The molecular weight excluding hydrogens is 238 g/mol. The van der Waals surface area contributed by atoms with Crippen molar-refractivity contribution in [1.82, 2.24) is 0 Å². The van der Waals surface area contributed by atoms with Crippen molar-refractivity contribution in [1.29, 1.82) is 0 Å². The summed E-state index contributed by atoms with van der Waals surface area (Å²) >= 11 is 1.62. The number of ether oxygens (including phenoxy) is 2. The van der Waals surface area contributed by atoms with Gasteiger partial charge in [-0.1, -0.05) is 0 Å². The monoisotopic (exact) mass is 255 g/mol. The summed E-state index contributed by atoms with van der Waals surface area (Å²) < 4.78 is 9.70. The molecule has 1 aromatic rings. The van der Waals surface area contributed by atoms with Crippen LogP contribution >= 0.6 is 11.8 Å². The summed E-state index contributed by atoms with van der Waals surface area (Å²) in [5, 5.41) is 0. The van der Waals surface area contributed by atoms with Crippen LogP contribution in [-0.2, 0) is 9.53 Å². The van der Waals surface area contributed by atoms with Crippen LogP contribution in [0.2, 0.25) is 0 Å². The fourth-order valence-electron chi connectivity index (χ4n) is 1.27. The third-order valence-corrected chi connectivity index (χ3v) is 3.39. The van der Waals surface area contributed by atoms with E-state index in [9.17, 15) is 4.79 Å². The fraction of sp³-hybridized carbons (Fsp3) is 0.417. The van der Waals surface area contributed by atoms with Gasteiger partial charge in [-0.05, 0) is 30.4 Å². The van der Waals surface area contributed by atoms with Crippen molar-refractivity contribution >= 4 is 23.4 Å². The lowest BCUT2D eigenvalue weighted by Crippen LogP contribution is -2.00. The van der Waals surface area contributed by atoms with Crippen molar-refractivity contribution in [2.45, 2.75) is 17.7 Å². The van der Waals surface area contributed by atoms with Crippen LogP contribution in [0.3, 0.4) is 0 Å². The summed E-state index contributed by atoms with van der Waals surface area (Å²) in [6.07, 6.45) is 1.21. The number of nitrogen functional groups attached to an aromatic ring is 1. The van der Waals surface area contributed by atoms with Gasteiger partial charge in [-0.3, -0.25) is 4.79 Å². The lowest BCUT2D eigenvalue weighted by Gasteiger charge is -2.07. The average Bonchev–Trinajstić information content (AvgIpc) is 2.36. The molecule has 2 N–H and O–H groups in total. The number of anilines is 1. The number of carbonyl (C=O) groups is 1. The zero-order valence-corrected chi connectivity index (χ0v) is 10.9. The Morgan fingerprint density at radius 1 is 1.41 bits per heavy atom. The summed E-state index contributed by atoms with van der Waals surface area (Å²) in [7, 11) is 3.02. The smallest absolute Gasteiger partial charge is 0.305 e. The standard InChI is InChI=1S/C12H17NO3S/c1-15-9-5-6-10(13)11(8-9)17-7-3-4-12(14)16-2/h5-6,8H,3-4,7,13H2,1-2H3. The predicted molar refractivity (Wildman–Crippen MR) is 69.4 cm³/mol. The second-order valence-electron chi connectivity index (χ2n) is 3.43. The number of methoxy groups -OCH3 is 2. The molecule has 0 saturated carbocycles. The Hall–Kier alpha value is -1.36. The molecular formula is C12H17NO3S. The zero-order chi connectivity index (χ0) is 12.7. The number of esters is 1. The van der Waals surface area contributed by atoms with Crippen molar-refractivity contribution in [2.75, 3.05) is 25.7 Å². The number of rotatable bonds is 6. The van der Waals surface area contributed by atoms with E-state index in [0.29, 0.717) is 6.42 Å². The largest absolute Gasteiger partial charge is 0.497 e. The number of benzene rings is 1. The number of thioether (sulfide) groups is 1. The maximum Gasteiger partial charge on any atom is 0.305 e. The Labute approximate surface area is 105 Å². The highest BCUT2D eigenvalue weighted by atomic mass is 32.2. The van der Waals surface area contributed by atoms with Gasteiger partial charge in [0.05, 0.1) is 14.2 Å². The summed E-state index contributed by atoms with van der Waals surface area (Å²) in [5.74, 6) is 1.44. The maximum absolute atomic E-state index is 10.9. The van der Waals surface area contributed by atoms with Crippen molar-refractivity contribution in [2.24, 2.45) is 0 Å². The molecule has 0 aliphatic carbocycles. The first-order valence-corrected chi connectivity index (χ1v) is 6.29. The molecule has 4 nitrogen and oxygen atoms in total. The lowest BCUT2D eigenvalue weighted by atomic mass is 10.3. The third-order valence-electron chi connectivity index (χ3n) is 2.23. The summed E-state index contributed by atoms with van der Waals surface area (Å²) in [5.41, 5.74) is 6.57. The van der Waals surface area contributed by atoms with E-state index in [4.69, 9.17) is 10.5 Å². The van der Waals surface area contributed by atoms with Crippen LogP contribution in [-0.4, -0.2) is 25.9 Å². The zero-order valence-electron chi connectivity index (χ0n) is 10.1. The van der Waals surface area contributed by atoms with Crippen molar-refractivity contribution in [3.8, 4) is 5.75 Å². The van der Waals surface area contributed by atoms with Crippen LogP contribution in [0, 0.1) is 0 Å². The molecule has 17 heavy (non-hydrogen) atoms. The molecule has 0 heterocycles. The van der Waals surface area contributed by atoms with E-state index in [2.05, 4.69) is 4.74 Å². The Morgan fingerprint density at radius 2 is 2.18 bits per heavy atom. The minimum Gasteiger partial charge on any atom is -0.497 e. The van der Waals surface area contributed by atoms with Gasteiger partial charge < -0.3 is 15.2 Å². The van der Waals surface area contributed by atoms with Crippen molar-refractivity contribution < 1.29 is 14.3 Å². The molecule has 1 aromatic carbocycles. The molecule has 0 radical (unpaired) electrons. The van der Waals surface area contributed by atoms with E-state index in [1.165, 1.54) is 7.11 Å². The molecule has 0 saturated heterocycles. The highest BCUT2D eigenvalue weighted by Gasteiger charge is 2.04. The maximum atomic E-state index is 10.9. The Morgan fingerprint density at radius 3 is 2.82 bits per heavy atom. The van der Waals surface area contributed by atoms with Crippen LogP contribution in [0.4, 0.5) is 5.69 Å². The number of hydrogen-bond acceptors (Lipinski definition) is 5. The Kier molecular flexibility index (Phi) is 5.69. The normalized spacial score (nSPS) is 10.0. The number of hydrogen-bond donors (Lipinski definition) is 1. The molecule has 0 atom stereocenters. The molecule has 0 unspecified atom stereocenters. The van der Waals surface area contributed by atoms with Crippen molar-refractivity contribution in [3.05, 3.63) is 18.2 Å². The van der Waals surface area contributed by atoms with Gasteiger partial charge in [-0.15, -0.1) is 11.8 Å². The second-order valence-corrected chi connectivity index (χ2v) is 4.57. The SMILES string of the molecule is COC(=O)CCCSc1cc(OC)ccc1N. The van der Waals surface area contributed by atoms with E-state index in [-0.39, 0.29) is 5.97 Å². The van der Waals surface area contributed by atoms with Gasteiger partial charge >= 0.3 is 5.97 Å². The topological polar surface area (TPSA) is 61.5 Å². The molecule has 0 amide bonds. The van der Waals surface area contributed by atoms with Crippen LogP contribution in [0.5, 0.6) is 5.75 Å². The highest BCUT2D eigenvalue weighted by Crippen LogP contribution is 2.29. The summed E-state index contributed by atoms with van der Waals surface area (Å²) in [6.45, 7) is 0. The first-order chi connectivity index (χ1) is 8.17. The Bertz CT molecular complexity index is 382. The summed E-state index contributed by atoms with van der Waals surface area (Å²) in [4.78, 5) is 11.9. The lowest BCUT2D eigenvalue weighted by molar-refractivity contribution is -0.140. The van der Waals surface area contributed by atoms with Crippen LogP contribution < -0.4 is 10.5 Å². The van der Waals surface area contributed by atoms with Gasteiger partial charge in [-0.25, -0.2) is 0 Å². The minimum absolute atomic E-state index is 0.177. The van der Waals surface area contributed by atoms with E-state index in [1.54, 1.807) is 18.9 Å². The van der Waals surface area contributed by atoms with Gasteiger partial charge in [0.1, 0.15) is 5.75 Å². The van der Waals surface area contributed by atoms with Crippen LogP contribution in [0.25, 0.3) is 0 Å². The summed E-state index contributed by atoms with van der Waals surface area (Å²) in [6, 6.07) is 5.55. The highest BCUT2D eigenvalue weighted by molar-refractivity contribution is 7.99. The Balaban J connectivity index is 2.43. The molecule has 0 bridgehead atoms. The van der Waals surface area contributed by atoms with Crippen LogP contribution in [0.15, 0.2) is 23.1 Å². The minimum atomic E-state index is -0.177. The molecule has 94 valence electrons. The van der Waals surface area contributed by atoms with Crippen molar-refractivity contribution in [3.63, 3.8) is 0 Å². The second kappa shape index (κ2) is 7.06. The van der Waals surface area contributed by atoms with E-state index in [1.807, 2.05) is 18.2 Å². The quantitative estimate of drug-likeness (QED) is 0.366. The predicted octanol–water partition coefficient (Wildman–Crippen LogP) is 2.32. The van der Waals surface area contributed by atoms with Crippen LogP contribution in [0.1, 0.15) is 12.8 Å². The first-order valence-electron chi connectivity index (χ1n) is 5.30. The molecule has 0 aliphatic rings. The number of nitrogens with two attached hydrogens (primary N) is 1. The van der Waals surface area contributed by atoms with E-state index in [0.717, 1.165) is 28.5 Å². The number of carbonyl (C=O) groups excluding carboxylic acids is 1.